The number of benzene rings is 1. The van der Waals surface area contributed by atoms with Crippen LogP contribution in [0.4, 0.5) is 5.95 Å². The van der Waals surface area contributed by atoms with Crippen LogP contribution in [0.3, 0.4) is 0 Å². The minimum absolute atomic E-state index is 0.546. The number of hydrogen-bond acceptors (Lipinski definition) is 2. The highest BCUT2D eigenvalue weighted by molar-refractivity contribution is 5.79. The van der Waals surface area contributed by atoms with E-state index in [9.17, 15) is 0 Å². The number of anilines is 1. The van der Waals surface area contributed by atoms with Gasteiger partial charge < -0.3 is 9.47 Å². The van der Waals surface area contributed by atoms with Crippen LogP contribution in [0.2, 0.25) is 0 Å². The number of rotatable bonds is 6. The lowest BCUT2D eigenvalue weighted by Crippen LogP contribution is -2.18. The number of imidazole rings is 1. The summed E-state index contributed by atoms with van der Waals surface area (Å²) in [5.74, 6) is 1.07. The molecule has 2 aromatic rings. The maximum Gasteiger partial charge on any atom is 0.206 e. The van der Waals surface area contributed by atoms with Gasteiger partial charge in [0.1, 0.15) is 0 Å². The molecule has 1 atom stereocenters. The molecule has 0 fully saturated rings. The van der Waals surface area contributed by atoms with E-state index in [1.54, 1.807) is 0 Å². The van der Waals surface area contributed by atoms with Crippen molar-refractivity contribution in [1.29, 1.82) is 0 Å². The molecule has 104 valence electrons. The Balaban J connectivity index is 2.51. The molecule has 0 aliphatic carbocycles. The monoisotopic (exact) mass is 259 g/mol. The van der Waals surface area contributed by atoms with E-state index >= 15 is 0 Å². The summed E-state index contributed by atoms with van der Waals surface area (Å²) in [4.78, 5) is 6.90. The Labute approximate surface area is 116 Å². The molecule has 1 heterocycles. The van der Waals surface area contributed by atoms with Gasteiger partial charge in [0, 0.05) is 20.1 Å². The molecule has 3 nitrogen and oxygen atoms in total. The molecule has 0 aliphatic heterocycles. The van der Waals surface area contributed by atoms with Crippen molar-refractivity contribution in [3.05, 3.63) is 24.3 Å². The van der Waals surface area contributed by atoms with Gasteiger partial charge in [0.05, 0.1) is 11.0 Å². The molecule has 2 rings (SSSR count). The normalized spacial score (nSPS) is 12.8. The van der Waals surface area contributed by atoms with E-state index in [-0.39, 0.29) is 0 Å². The summed E-state index contributed by atoms with van der Waals surface area (Å²) in [6.45, 7) is 4.53. The van der Waals surface area contributed by atoms with Crippen molar-refractivity contribution < 1.29 is 0 Å². The van der Waals surface area contributed by atoms with Crippen molar-refractivity contribution in [2.45, 2.75) is 45.6 Å². The van der Waals surface area contributed by atoms with Crippen LogP contribution in [0, 0.1) is 0 Å². The zero-order valence-electron chi connectivity index (χ0n) is 12.6. The maximum atomic E-state index is 4.78. The lowest BCUT2D eigenvalue weighted by atomic mass is 10.1. The number of aromatic nitrogens is 2. The Morgan fingerprint density at radius 3 is 2.58 bits per heavy atom. The van der Waals surface area contributed by atoms with Crippen LogP contribution in [0.5, 0.6) is 0 Å². The van der Waals surface area contributed by atoms with Gasteiger partial charge in [-0.25, -0.2) is 4.98 Å². The molecule has 0 saturated heterocycles. The number of fused-ring (bicyclic) bond motifs is 1. The molecule has 3 heteroatoms. The highest BCUT2D eigenvalue weighted by Crippen LogP contribution is 2.30. The van der Waals surface area contributed by atoms with Gasteiger partial charge in [0.25, 0.3) is 0 Å². The number of unbranched alkanes of at least 4 members (excludes halogenated alkanes) is 1. The Kier molecular flexibility index (Phi) is 4.46. The van der Waals surface area contributed by atoms with Gasteiger partial charge in [-0.05, 0) is 25.0 Å². The standard InChI is InChI=1S/C16H25N3/c1-5-7-10-13(6-2)19-15-12-9-8-11-14(15)17-16(19)18(3)4/h8-9,11-13H,5-7,10H2,1-4H3. The molecule has 0 N–H and O–H groups in total. The predicted molar refractivity (Wildman–Crippen MR) is 82.9 cm³/mol. The summed E-state index contributed by atoms with van der Waals surface area (Å²) in [5.41, 5.74) is 2.36. The second-order valence-electron chi connectivity index (χ2n) is 5.37. The first-order valence-electron chi connectivity index (χ1n) is 7.33. The third-order valence-corrected chi connectivity index (χ3v) is 3.70. The summed E-state index contributed by atoms with van der Waals surface area (Å²) in [7, 11) is 4.15. The van der Waals surface area contributed by atoms with Crippen LogP contribution >= 0.6 is 0 Å². The maximum absolute atomic E-state index is 4.78. The smallest absolute Gasteiger partial charge is 0.206 e. The highest BCUT2D eigenvalue weighted by Gasteiger charge is 2.18. The average molecular weight is 259 g/mol. The molecule has 0 saturated carbocycles. The number of para-hydroxylation sites is 2. The second-order valence-corrected chi connectivity index (χ2v) is 5.37. The molecule has 1 aromatic carbocycles. The predicted octanol–water partition coefficient (Wildman–Crippen LogP) is 4.24. The summed E-state index contributed by atoms with van der Waals surface area (Å²) < 4.78 is 2.42. The Morgan fingerprint density at radius 1 is 1.21 bits per heavy atom. The van der Waals surface area contributed by atoms with Gasteiger partial charge in [-0.1, -0.05) is 38.8 Å². The summed E-state index contributed by atoms with van der Waals surface area (Å²) in [6, 6.07) is 9.00. The van der Waals surface area contributed by atoms with Gasteiger partial charge in [0.2, 0.25) is 5.95 Å². The van der Waals surface area contributed by atoms with Crippen molar-refractivity contribution in [2.75, 3.05) is 19.0 Å². The fourth-order valence-corrected chi connectivity index (χ4v) is 2.66. The molecule has 0 radical (unpaired) electrons. The summed E-state index contributed by atoms with van der Waals surface area (Å²) >= 11 is 0. The van der Waals surface area contributed by atoms with Gasteiger partial charge in [-0.15, -0.1) is 0 Å². The largest absolute Gasteiger partial charge is 0.348 e. The van der Waals surface area contributed by atoms with Crippen LogP contribution < -0.4 is 4.90 Å². The molecule has 0 spiro atoms. The molecule has 0 amide bonds. The van der Waals surface area contributed by atoms with E-state index in [1.165, 1.54) is 24.8 Å². The number of nitrogens with zero attached hydrogens (tertiary/aromatic N) is 3. The minimum Gasteiger partial charge on any atom is -0.348 e. The zero-order valence-corrected chi connectivity index (χ0v) is 12.6. The fraction of sp³-hybridized carbons (Fsp3) is 0.562. The molecular weight excluding hydrogens is 234 g/mol. The first-order valence-corrected chi connectivity index (χ1v) is 7.33. The van der Waals surface area contributed by atoms with E-state index in [0.717, 1.165) is 17.9 Å². The van der Waals surface area contributed by atoms with Crippen LogP contribution in [0.15, 0.2) is 24.3 Å². The Bertz CT molecular complexity index is 528. The third-order valence-electron chi connectivity index (χ3n) is 3.70. The third kappa shape index (κ3) is 2.75. The minimum atomic E-state index is 0.546. The van der Waals surface area contributed by atoms with Gasteiger partial charge in [-0.2, -0.15) is 0 Å². The molecule has 0 bridgehead atoms. The van der Waals surface area contributed by atoms with Crippen LogP contribution in [-0.4, -0.2) is 23.6 Å². The van der Waals surface area contributed by atoms with Crippen molar-refractivity contribution in [3.8, 4) is 0 Å². The first-order chi connectivity index (χ1) is 9.19. The average Bonchev–Trinajstić information content (AvgIpc) is 2.80. The quantitative estimate of drug-likeness (QED) is 0.773. The lowest BCUT2D eigenvalue weighted by molar-refractivity contribution is 0.447. The molecule has 1 aromatic heterocycles. The van der Waals surface area contributed by atoms with E-state index in [0.29, 0.717) is 6.04 Å². The van der Waals surface area contributed by atoms with E-state index in [2.05, 4.69) is 61.7 Å². The number of hydrogen-bond donors (Lipinski definition) is 0. The molecule has 0 aliphatic rings. The van der Waals surface area contributed by atoms with Gasteiger partial charge >= 0.3 is 0 Å². The first kappa shape index (κ1) is 13.9. The van der Waals surface area contributed by atoms with Crippen molar-refractivity contribution in [2.24, 2.45) is 0 Å². The highest BCUT2D eigenvalue weighted by atomic mass is 15.3. The van der Waals surface area contributed by atoms with Crippen LogP contribution in [0.1, 0.15) is 45.6 Å². The molecule has 19 heavy (non-hydrogen) atoms. The topological polar surface area (TPSA) is 21.1 Å². The summed E-state index contributed by atoms with van der Waals surface area (Å²) in [5, 5.41) is 0. The van der Waals surface area contributed by atoms with Crippen LogP contribution in [-0.2, 0) is 0 Å². The van der Waals surface area contributed by atoms with E-state index in [1.807, 2.05) is 0 Å². The van der Waals surface area contributed by atoms with E-state index < -0.39 is 0 Å². The SMILES string of the molecule is CCCCC(CC)n1c(N(C)C)nc2ccccc21. The lowest BCUT2D eigenvalue weighted by Gasteiger charge is -2.23. The van der Waals surface area contributed by atoms with Crippen molar-refractivity contribution in [3.63, 3.8) is 0 Å². The molecular formula is C16H25N3. The zero-order chi connectivity index (χ0) is 13.8. The van der Waals surface area contributed by atoms with Crippen LogP contribution in [0.25, 0.3) is 11.0 Å². The van der Waals surface area contributed by atoms with Gasteiger partial charge in [-0.3, -0.25) is 0 Å². The second kappa shape index (κ2) is 6.09. The summed E-state index contributed by atoms with van der Waals surface area (Å²) in [6.07, 6.45) is 4.91. The Hall–Kier alpha value is -1.51. The molecule has 1 unspecified atom stereocenters. The van der Waals surface area contributed by atoms with Crippen molar-refractivity contribution in [1.82, 2.24) is 9.55 Å². The van der Waals surface area contributed by atoms with Gasteiger partial charge in [0.15, 0.2) is 0 Å². The van der Waals surface area contributed by atoms with Crippen molar-refractivity contribution >= 4 is 17.0 Å². The Morgan fingerprint density at radius 2 is 1.95 bits per heavy atom. The van der Waals surface area contributed by atoms with E-state index in [4.69, 9.17) is 4.98 Å². The fourth-order valence-electron chi connectivity index (χ4n) is 2.66.